The minimum Gasteiger partial charge on any atom is -0.488 e. The molecule has 2 aromatic heterocycles. The minimum absolute atomic E-state index is 0.00309. The van der Waals surface area contributed by atoms with Crippen LogP contribution in [0.1, 0.15) is 22.5 Å². The van der Waals surface area contributed by atoms with E-state index in [4.69, 9.17) is 9.47 Å². The maximum absolute atomic E-state index is 12.7. The second kappa shape index (κ2) is 6.03. The van der Waals surface area contributed by atoms with E-state index in [9.17, 15) is 4.79 Å². The molecule has 7 nitrogen and oxygen atoms in total. The van der Waals surface area contributed by atoms with E-state index in [-0.39, 0.29) is 11.9 Å². The van der Waals surface area contributed by atoms with E-state index >= 15 is 0 Å². The van der Waals surface area contributed by atoms with Crippen molar-refractivity contribution in [2.45, 2.75) is 18.9 Å². The second-order valence-electron chi connectivity index (χ2n) is 6.80. The number of aromatic nitrogens is 2. The van der Waals surface area contributed by atoms with Crippen LogP contribution in [0, 0.1) is 5.92 Å². The van der Waals surface area contributed by atoms with Gasteiger partial charge in [-0.15, -0.1) is 11.3 Å². The molecule has 0 radical (unpaired) electrons. The molecule has 3 aliphatic heterocycles. The Labute approximate surface area is 149 Å². The van der Waals surface area contributed by atoms with Gasteiger partial charge in [0.1, 0.15) is 17.2 Å². The number of nitrogens with one attached hydrogen (secondary N) is 2. The molecular formula is C17H20N4O3S. The van der Waals surface area contributed by atoms with Gasteiger partial charge in [-0.25, -0.2) is 0 Å². The van der Waals surface area contributed by atoms with Gasteiger partial charge in [0.2, 0.25) is 0 Å². The zero-order chi connectivity index (χ0) is 16.8. The fourth-order valence-corrected chi connectivity index (χ4v) is 5.16. The highest BCUT2D eigenvalue weighted by Crippen LogP contribution is 2.50. The molecule has 5 heterocycles. The van der Waals surface area contributed by atoms with Crippen molar-refractivity contribution in [3.8, 4) is 16.2 Å². The number of nitrogens with zero attached hydrogens (tertiary/aromatic N) is 2. The molecule has 5 rings (SSSR count). The van der Waals surface area contributed by atoms with Crippen LogP contribution >= 0.6 is 11.3 Å². The lowest BCUT2D eigenvalue weighted by molar-refractivity contribution is 0.0958. The number of aromatic amines is 1. The molecule has 1 fully saturated rings. The molecule has 2 atom stereocenters. The molecule has 1 amide bonds. The third-order valence-corrected chi connectivity index (χ3v) is 6.45. The Bertz CT molecular complexity index is 782. The van der Waals surface area contributed by atoms with E-state index in [1.807, 2.05) is 6.20 Å². The van der Waals surface area contributed by atoms with Crippen LogP contribution in [0.15, 0.2) is 12.4 Å². The molecule has 0 saturated carbocycles. The van der Waals surface area contributed by atoms with Gasteiger partial charge in [-0.3, -0.25) is 9.89 Å². The van der Waals surface area contributed by atoms with Gasteiger partial charge in [0, 0.05) is 37.6 Å². The summed E-state index contributed by atoms with van der Waals surface area (Å²) in [5.74, 6) is 1.40. The van der Waals surface area contributed by atoms with Gasteiger partial charge in [0.25, 0.3) is 5.91 Å². The van der Waals surface area contributed by atoms with E-state index in [1.54, 1.807) is 6.20 Å². The summed E-state index contributed by atoms with van der Waals surface area (Å²) in [7, 11) is 0. The number of ether oxygens (including phenoxy) is 2. The molecule has 2 N–H and O–H groups in total. The van der Waals surface area contributed by atoms with Gasteiger partial charge in [-0.2, -0.15) is 5.10 Å². The molecular weight excluding hydrogens is 340 g/mol. The third-order valence-electron chi connectivity index (χ3n) is 5.24. The lowest BCUT2D eigenvalue weighted by Crippen LogP contribution is -2.45. The maximum atomic E-state index is 12.7. The summed E-state index contributed by atoms with van der Waals surface area (Å²) < 4.78 is 11.6. The molecule has 132 valence electrons. The van der Waals surface area contributed by atoms with Gasteiger partial charge in [0.15, 0.2) is 5.75 Å². The first-order chi connectivity index (χ1) is 12.3. The van der Waals surface area contributed by atoms with E-state index in [0.29, 0.717) is 19.1 Å². The quantitative estimate of drug-likeness (QED) is 0.874. The van der Waals surface area contributed by atoms with Crippen LogP contribution in [0.2, 0.25) is 0 Å². The molecule has 0 spiro atoms. The highest BCUT2D eigenvalue weighted by molar-refractivity contribution is 7.18. The van der Waals surface area contributed by atoms with E-state index in [2.05, 4.69) is 20.4 Å². The number of carbonyl (C=O) groups excluding carboxylic acids is 1. The second-order valence-corrected chi connectivity index (χ2v) is 7.82. The summed E-state index contributed by atoms with van der Waals surface area (Å²) >= 11 is 1.49. The van der Waals surface area contributed by atoms with Gasteiger partial charge < -0.3 is 19.7 Å². The smallest absolute Gasteiger partial charge is 0.263 e. The monoisotopic (exact) mass is 360 g/mol. The van der Waals surface area contributed by atoms with Crippen LogP contribution in [-0.4, -0.2) is 55.1 Å². The predicted molar refractivity (Wildman–Crippen MR) is 94.4 cm³/mol. The number of anilines is 1. The maximum Gasteiger partial charge on any atom is 0.263 e. The first kappa shape index (κ1) is 15.2. The molecule has 0 bridgehead atoms. The fourth-order valence-electron chi connectivity index (χ4n) is 4.01. The number of hydrogen-bond acceptors (Lipinski definition) is 6. The number of amides is 1. The largest absolute Gasteiger partial charge is 0.488 e. The van der Waals surface area contributed by atoms with Crippen LogP contribution in [0.25, 0.3) is 10.4 Å². The first-order valence-electron chi connectivity index (χ1n) is 8.72. The van der Waals surface area contributed by atoms with Crippen molar-refractivity contribution in [1.29, 1.82) is 0 Å². The zero-order valence-electron chi connectivity index (χ0n) is 13.8. The van der Waals surface area contributed by atoms with Crippen LogP contribution in [0.5, 0.6) is 5.75 Å². The Balaban J connectivity index is 1.56. The number of thiophene rings is 1. The Morgan fingerprint density at radius 3 is 3.12 bits per heavy atom. The minimum atomic E-state index is -0.00309. The third kappa shape index (κ3) is 2.51. The Kier molecular flexibility index (Phi) is 3.67. The molecule has 0 unspecified atom stereocenters. The fraction of sp³-hybridized carbons (Fsp3) is 0.529. The number of H-pyrrole nitrogens is 1. The summed E-state index contributed by atoms with van der Waals surface area (Å²) in [5.41, 5.74) is 1.93. The van der Waals surface area contributed by atoms with E-state index in [0.717, 1.165) is 59.4 Å². The van der Waals surface area contributed by atoms with Gasteiger partial charge in [0.05, 0.1) is 17.6 Å². The van der Waals surface area contributed by atoms with Gasteiger partial charge in [-0.05, 0) is 18.8 Å². The molecule has 1 saturated heterocycles. The standard InChI is InChI=1S/C17H20N4O3S/c22-17-16-13-14(15(25-16)11-6-19-20-7-11)24-4-2-21(13)12(8-18-17)5-10-1-3-23-9-10/h6-7,10,12H,1-5,8-9H2,(H,18,22)(H,19,20)/t10-,12-/m1/s1. The summed E-state index contributed by atoms with van der Waals surface area (Å²) in [4.78, 5) is 16.8. The summed E-state index contributed by atoms with van der Waals surface area (Å²) in [5, 5.41) is 9.99. The zero-order valence-corrected chi connectivity index (χ0v) is 14.6. The predicted octanol–water partition coefficient (Wildman–Crippen LogP) is 1.88. The van der Waals surface area contributed by atoms with Crippen molar-refractivity contribution in [2.24, 2.45) is 5.92 Å². The molecule has 25 heavy (non-hydrogen) atoms. The highest BCUT2D eigenvalue weighted by atomic mass is 32.1. The van der Waals surface area contributed by atoms with Crippen molar-refractivity contribution < 1.29 is 14.3 Å². The van der Waals surface area contributed by atoms with Crippen LogP contribution in [0.3, 0.4) is 0 Å². The van der Waals surface area contributed by atoms with Crippen molar-refractivity contribution in [3.05, 3.63) is 17.3 Å². The van der Waals surface area contributed by atoms with Crippen molar-refractivity contribution in [1.82, 2.24) is 15.5 Å². The molecule has 0 aliphatic carbocycles. The lowest BCUT2D eigenvalue weighted by Gasteiger charge is -2.36. The molecule has 2 aromatic rings. The van der Waals surface area contributed by atoms with Crippen LogP contribution in [0.4, 0.5) is 5.69 Å². The van der Waals surface area contributed by atoms with Crippen LogP contribution < -0.4 is 15.0 Å². The van der Waals surface area contributed by atoms with Gasteiger partial charge in [-0.1, -0.05) is 0 Å². The van der Waals surface area contributed by atoms with E-state index in [1.165, 1.54) is 11.3 Å². The summed E-state index contributed by atoms with van der Waals surface area (Å²) in [6.45, 7) is 3.82. The Hall–Kier alpha value is -2.06. The van der Waals surface area contributed by atoms with Crippen molar-refractivity contribution in [3.63, 3.8) is 0 Å². The molecule has 8 heteroatoms. The van der Waals surface area contributed by atoms with Crippen molar-refractivity contribution >= 4 is 22.9 Å². The highest BCUT2D eigenvalue weighted by Gasteiger charge is 2.38. The lowest BCUT2D eigenvalue weighted by atomic mass is 9.97. The molecule has 0 aromatic carbocycles. The average molecular weight is 360 g/mol. The Morgan fingerprint density at radius 2 is 2.32 bits per heavy atom. The summed E-state index contributed by atoms with van der Waals surface area (Å²) in [6.07, 6.45) is 5.76. The topological polar surface area (TPSA) is 79.5 Å². The average Bonchev–Trinajstić information content (AvgIpc) is 3.36. The normalized spacial score (nSPS) is 25.3. The van der Waals surface area contributed by atoms with Gasteiger partial charge >= 0.3 is 0 Å². The SMILES string of the molecule is O=C1NC[C@@H](C[C@H]2CCOC2)N2CCOc3c(-c4cn[nH]c4)sc1c32. The first-order valence-corrected chi connectivity index (χ1v) is 9.54. The van der Waals surface area contributed by atoms with Crippen molar-refractivity contribution in [2.75, 3.05) is 37.8 Å². The number of hydrogen-bond donors (Lipinski definition) is 2. The Morgan fingerprint density at radius 1 is 1.36 bits per heavy atom. The van der Waals surface area contributed by atoms with Crippen LogP contribution in [-0.2, 0) is 4.74 Å². The number of carbonyl (C=O) groups is 1. The van der Waals surface area contributed by atoms with E-state index < -0.39 is 0 Å². The number of rotatable bonds is 3. The molecule has 3 aliphatic rings. The summed E-state index contributed by atoms with van der Waals surface area (Å²) in [6, 6.07) is 0.284.